The fourth-order valence-corrected chi connectivity index (χ4v) is 2.51. The average Bonchev–Trinajstić information content (AvgIpc) is 2.48. The molecule has 4 heteroatoms. The Kier molecular flexibility index (Phi) is 3.90. The van der Waals surface area contributed by atoms with Gasteiger partial charge in [-0.1, -0.05) is 41.9 Å². The molecule has 0 radical (unpaired) electrons. The molecule has 0 bridgehead atoms. The molecular weight excluding hydrogens is 272 g/mol. The van der Waals surface area contributed by atoms with Crippen LogP contribution in [0.3, 0.4) is 0 Å². The zero-order valence-corrected chi connectivity index (χ0v) is 12.2. The summed E-state index contributed by atoms with van der Waals surface area (Å²) < 4.78 is 5.83. The van der Waals surface area contributed by atoms with Crippen LogP contribution in [0.4, 0.5) is 0 Å². The highest BCUT2D eigenvalue weighted by molar-refractivity contribution is 6.32. The van der Waals surface area contributed by atoms with Crippen LogP contribution < -0.4 is 4.74 Å². The molecule has 104 valence electrons. The number of hydrogen-bond donors (Lipinski definition) is 0. The number of likely N-dealkylation sites (N-methyl/N-ethyl adjacent to an activating group) is 1. The Morgan fingerprint density at radius 3 is 2.80 bits per heavy atom. The van der Waals surface area contributed by atoms with Crippen LogP contribution in [-0.4, -0.2) is 36.1 Å². The number of likely N-dealkylation sites (tertiary alicyclic amines) is 1. The Labute approximate surface area is 124 Å². The Bertz CT molecular complexity index is 588. The first kappa shape index (κ1) is 13.4. The molecule has 1 aromatic carbocycles. The lowest BCUT2D eigenvalue weighted by molar-refractivity contribution is 0.0768. The van der Waals surface area contributed by atoms with Gasteiger partial charge in [-0.25, -0.2) is 4.98 Å². The fourth-order valence-electron chi connectivity index (χ4n) is 2.30. The van der Waals surface area contributed by atoms with Crippen molar-refractivity contribution in [3.05, 3.63) is 47.7 Å². The first-order chi connectivity index (χ1) is 9.74. The highest BCUT2D eigenvalue weighted by atomic mass is 35.5. The normalized spacial score (nSPS) is 18.6. The van der Waals surface area contributed by atoms with Crippen LogP contribution in [-0.2, 0) is 0 Å². The molecule has 1 atom stereocenters. The standard InChI is InChI=1S/C16H17ClN2O/c1-19-8-7-13(19)11-20-14-9-15(16(17)18-10-14)12-5-3-2-4-6-12/h2-6,9-10,13H,7-8,11H2,1H3/t13-/m0/s1. The molecule has 0 N–H and O–H groups in total. The molecule has 0 unspecified atom stereocenters. The van der Waals surface area contributed by atoms with Gasteiger partial charge in [0.1, 0.15) is 17.5 Å². The third-order valence-corrected chi connectivity index (χ3v) is 4.08. The first-order valence-corrected chi connectivity index (χ1v) is 7.16. The lowest BCUT2D eigenvalue weighted by atomic mass is 10.1. The van der Waals surface area contributed by atoms with Crippen molar-refractivity contribution in [3.63, 3.8) is 0 Å². The minimum Gasteiger partial charge on any atom is -0.490 e. The number of hydrogen-bond acceptors (Lipinski definition) is 3. The maximum atomic E-state index is 6.18. The molecule has 1 fully saturated rings. The molecular formula is C16H17ClN2O. The minimum absolute atomic E-state index is 0.504. The van der Waals surface area contributed by atoms with E-state index in [1.54, 1.807) is 6.20 Å². The summed E-state index contributed by atoms with van der Waals surface area (Å²) in [6, 6.07) is 12.5. The maximum Gasteiger partial charge on any atom is 0.138 e. The average molecular weight is 289 g/mol. The monoisotopic (exact) mass is 288 g/mol. The van der Waals surface area contributed by atoms with Crippen molar-refractivity contribution in [1.82, 2.24) is 9.88 Å². The summed E-state index contributed by atoms with van der Waals surface area (Å²) in [7, 11) is 2.12. The molecule has 20 heavy (non-hydrogen) atoms. The van der Waals surface area contributed by atoms with Crippen molar-refractivity contribution in [2.75, 3.05) is 20.2 Å². The van der Waals surface area contributed by atoms with Gasteiger partial charge in [0.05, 0.1) is 6.20 Å². The van der Waals surface area contributed by atoms with E-state index in [0.717, 1.165) is 23.4 Å². The van der Waals surface area contributed by atoms with Crippen molar-refractivity contribution < 1.29 is 4.74 Å². The second-order valence-corrected chi connectivity index (χ2v) is 5.47. The van der Waals surface area contributed by atoms with Crippen LogP contribution in [0.25, 0.3) is 11.1 Å². The van der Waals surface area contributed by atoms with Crippen LogP contribution >= 0.6 is 11.6 Å². The van der Waals surface area contributed by atoms with E-state index < -0.39 is 0 Å². The lowest BCUT2D eigenvalue weighted by Crippen LogP contribution is -2.48. The summed E-state index contributed by atoms with van der Waals surface area (Å²) in [5.74, 6) is 0.772. The largest absolute Gasteiger partial charge is 0.490 e. The lowest BCUT2D eigenvalue weighted by Gasteiger charge is -2.37. The van der Waals surface area contributed by atoms with Crippen molar-refractivity contribution in [1.29, 1.82) is 0 Å². The summed E-state index contributed by atoms with van der Waals surface area (Å²) in [4.78, 5) is 6.52. The van der Waals surface area contributed by atoms with E-state index in [9.17, 15) is 0 Å². The number of aromatic nitrogens is 1. The van der Waals surface area contributed by atoms with Crippen molar-refractivity contribution >= 4 is 11.6 Å². The summed E-state index contributed by atoms with van der Waals surface area (Å²) in [5, 5.41) is 0.504. The van der Waals surface area contributed by atoms with Crippen molar-refractivity contribution in [2.45, 2.75) is 12.5 Å². The molecule has 1 aliphatic rings. The molecule has 1 aromatic heterocycles. The fraction of sp³-hybridized carbons (Fsp3) is 0.312. The van der Waals surface area contributed by atoms with Crippen LogP contribution in [0.5, 0.6) is 5.75 Å². The van der Waals surface area contributed by atoms with Gasteiger partial charge in [-0.15, -0.1) is 0 Å². The van der Waals surface area contributed by atoms with E-state index in [4.69, 9.17) is 16.3 Å². The Balaban J connectivity index is 1.76. The second-order valence-electron chi connectivity index (χ2n) is 5.11. The van der Waals surface area contributed by atoms with E-state index in [0.29, 0.717) is 17.8 Å². The van der Waals surface area contributed by atoms with Crippen molar-refractivity contribution in [2.24, 2.45) is 0 Å². The molecule has 0 spiro atoms. The summed E-state index contributed by atoms with van der Waals surface area (Å²) >= 11 is 6.18. The highest BCUT2D eigenvalue weighted by Crippen LogP contribution is 2.29. The second kappa shape index (κ2) is 5.81. The van der Waals surface area contributed by atoms with E-state index in [1.807, 2.05) is 36.4 Å². The van der Waals surface area contributed by atoms with Crippen LogP contribution in [0, 0.1) is 0 Å². The van der Waals surface area contributed by atoms with Gasteiger partial charge < -0.3 is 4.74 Å². The Hall–Kier alpha value is -1.58. The van der Waals surface area contributed by atoms with Gasteiger partial charge in [-0.05, 0) is 31.6 Å². The molecule has 1 saturated heterocycles. The summed E-state index contributed by atoms with van der Waals surface area (Å²) in [6.45, 7) is 1.86. The third kappa shape index (κ3) is 2.79. The van der Waals surface area contributed by atoms with Gasteiger partial charge in [-0.2, -0.15) is 0 Å². The molecule has 2 aromatic rings. The molecule has 0 amide bonds. The molecule has 3 nitrogen and oxygen atoms in total. The van der Waals surface area contributed by atoms with Gasteiger partial charge >= 0.3 is 0 Å². The maximum absolute atomic E-state index is 6.18. The van der Waals surface area contributed by atoms with E-state index in [-0.39, 0.29) is 0 Å². The molecule has 1 aliphatic heterocycles. The molecule has 0 saturated carbocycles. The van der Waals surface area contributed by atoms with Crippen LogP contribution in [0.1, 0.15) is 6.42 Å². The number of benzene rings is 1. The first-order valence-electron chi connectivity index (χ1n) is 6.78. The number of halogens is 1. The summed E-state index contributed by atoms with van der Waals surface area (Å²) in [5.41, 5.74) is 1.96. The SMILES string of the molecule is CN1CC[C@H]1COc1cnc(Cl)c(-c2ccccc2)c1. The third-order valence-electron chi connectivity index (χ3n) is 3.78. The Morgan fingerprint density at radius 1 is 1.35 bits per heavy atom. The quantitative estimate of drug-likeness (QED) is 0.806. The van der Waals surface area contributed by atoms with E-state index in [2.05, 4.69) is 16.9 Å². The van der Waals surface area contributed by atoms with E-state index in [1.165, 1.54) is 6.42 Å². The van der Waals surface area contributed by atoms with Gasteiger partial charge in [0, 0.05) is 11.6 Å². The van der Waals surface area contributed by atoms with Gasteiger partial charge in [0.25, 0.3) is 0 Å². The minimum atomic E-state index is 0.504. The molecule has 0 aliphatic carbocycles. The van der Waals surface area contributed by atoms with E-state index >= 15 is 0 Å². The highest BCUT2D eigenvalue weighted by Gasteiger charge is 2.24. The zero-order valence-electron chi connectivity index (χ0n) is 11.4. The van der Waals surface area contributed by atoms with Crippen molar-refractivity contribution in [3.8, 4) is 16.9 Å². The van der Waals surface area contributed by atoms with Crippen LogP contribution in [0.15, 0.2) is 42.6 Å². The van der Waals surface area contributed by atoms with Gasteiger partial charge in [0.2, 0.25) is 0 Å². The van der Waals surface area contributed by atoms with Gasteiger partial charge in [-0.3, -0.25) is 4.90 Å². The predicted molar refractivity (Wildman–Crippen MR) is 81.2 cm³/mol. The molecule has 3 rings (SSSR count). The summed E-state index contributed by atoms with van der Waals surface area (Å²) in [6.07, 6.45) is 2.89. The smallest absolute Gasteiger partial charge is 0.138 e. The van der Waals surface area contributed by atoms with Crippen LogP contribution in [0.2, 0.25) is 5.15 Å². The number of nitrogens with zero attached hydrogens (tertiary/aromatic N) is 2. The molecule has 2 heterocycles. The number of rotatable bonds is 4. The Morgan fingerprint density at radius 2 is 2.15 bits per heavy atom. The van der Waals surface area contributed by atoms with Gasteiger partial charge in [0.15, 0.2) is 0 Å². The number of pyridine rings is 1. The topological polar surface area (TPSA) is 25.4 Å². The zero-order chi connectivity index (χ0) is 13.9. The number of ether oxygens (including phenoxy) is 1. The predicted octanol–water partition coefficient (Wildman–Crippen LogP) is 3.48.